The highest BCUT2D eigenvalue weighted by Gasteiger charge is 2.36. The van der Waals surface area contributed by atoms with E-state index in [1.165, 1.54) is 24.3 Å². The largest absolute Gasteiger partial charge is 0.460 e. The van der Waals surface area contributed by atoms with Crippen molar-refractivity contribution < 1.29 is 53.1 Å². The number of aliphatic hydroxyl groups is 1. The van der Waals surface area contributed by atoms with Crippen molar-refractivity contribution in [2.24, 2.45) is 29.6 Å². The molecule has 4 N–H and O–H groups in total. The van der Waals surface area contributed by atoms with Crippen molar-refractivity contribution in [1.29, 1.82) is 0 Å². The number of benzene rings is 1. The number of carbonyl (C=O) groups is 3. The Hall–Kier alpha value is -3.57. The second-order valence-corrected chi connectivity index (χ2v) is 15.9. The molecule has 1 aromatic carbocycles. The minimum absolute atomic E-state index is 0.0457. The van der Waals surface area contributed by atoms with E-state index in [9.17, 15) is 29.6 Å². The van der Waals surface area contributed by atoms with Crippen molar-refractivity contribution in [2.45, 2.75) is 117 Å². The molecule has 16 nitrogen and oxygen atoms in total. The van der Waals surface area contributed by atoms with Crippen LogP contribution >= 0.6 is 0 Å². The SMILES string of the molecule is COCCCOC1CC(C[C@@H](C[C@H](NC(=O)OC(C)(C)C)[C@@H](O)C[C@H](C(=O)NCCOC(=O)c2ccc(CO[N+](=O)[O-])cc2)C(C)C)C(C)C)CNC1OC. The van der Waals surface area contributed by atoms with Gasteiger partial charge in [-0.25, -0.2) is 9.59 Å². The summed E-state index contributed by atoms with van der Waals surface area (Å²) in [5, 5.41) is 30.5. The maximum atomic E-state index is 13.4. The summed E-state index contributed by atoms with van der Waals surface area (Å²) in [6.45, 7) is 15.0. The molecule has 1 saturated heterocycles. The van der Waals surface area contributed by atoms with Crippen LogP contribution in [0.4, 0.5) is 4.79 Å². The standard InChI is InChI=1S/C39H66N4O12/c1-25(2)30(19-28-20-34(36(51-9)41-23-28)52-17-10-16-50-8)21-32(42-38(47)55-39(5,6)7)33(44)22-31(26(3)4)35(45)40-15-18-53-37(46)29-13-11-27(12-14-29)24-54-43(48)49/h11-14,25-26,28,30-34,36,41,44H,10,15-24H2,1-9H3,(H,40,45)(H,42,47)/t28?,30-,31-,32-,33-,34?,36?/m0/s1. The lowest BCUT2D eigenvalue weighted by Gasteiger charge is -2.39. The van der Waals surface area contributed by atoms with Gasteiger partial charge in [-0.2, -0.15) is 0 Å². The van der Waals surface area contributed by atoms with Gasteiger partial charge in [-0.05, 0) is 94.2 Å². The molecule has 7 atom stereocenters. The van der Waals surface area contributed by atoms with Crippen molar-refractivity contribution in [2.75, 3.05) is 47.1 Å². The maximum absolute atomic E-state index is 13.4. The van der Waals surface area contributed by atoms with Gasteiger partial charge < -0.3 is 44.3 Å². The number of rotatable bonds is 24. The average Bonchev–Trinajstić information content (AvgIpc) is 3.11. The molecule has 2 rings (SSSR count). The molecule has 2 amide bonds. The molecular formula is C39H66N4O12. The highest BCUT2D eigenvalue weighted by atomic mass is 16.9. The first-order chi connectivity index (χ1) is 25.9. The van der Waals surface area contributed by atoms with Crippen LogP contribution in [0.2, 0.25) is 0 Å². The van der Waals surface area contributed by atoms with E-state index in [1.807, 2.05) is 13.8 Å². The first kappa shape index (κ1) is 47.6. The highest BCUT2D eigenvalue weighted by molar-refractivity contribution is 5.89. The second-order valence-electron chi connectivity index (χ2n) is 15.9. The Morgan fingerprint density at radius 1 is 1.02 bits per heavy atom. The second kappa shape index (κ2) is 24.1. The van der Waals surface area contributed by atoms with Gasteiger partial charge >= 0.3 is 12.1 Å². The summed E-state index contributed by atoms with van der Waals surface area (Å²) in [7, 11) is 3.33. The summed E-state index contributed by atoms with van der Waals surface area (Å²) in [6, 6.07) is 5.30. The molecule has 0 saturated carbocycles. The Morgan fingerprint density at radius 3 is 2.29 bits per heavy atom. The van der Waals surface area contributed by atoms with Gasteiger partial charge in [-0.1, -0.05) is 39.8 Å². The molecule has 0 aliphatic carbocycles. The number of ether oxygens (including phenoxy) is 5. The fraction of sp³-hybridized carbons (Fsp3) is 0.769. The predicted octanol–water partition coefficient (Wildman–Crippen LogP) is 4.64. The average molecular weight is 783 g/mol. The molecule has 1 heterocycles. The first-order valence-corrected chi connectivity index (χ1v) is 19.3. The number of hydrogen-bond donors (Lipinski definition) is 4. The third-order valence-electron chi connectivity index (χ3n) is 9.69. The molecule has 55 heavy (non-hydrogen) atoms. The van der Waals surface area contributed by atoms with E-state index in [-0.39, 0.29) is 73.7 Å². The topological polar surface area (TPSA) is 206 Å². The molecule has 3 unspecified atom stereocenters. The van der Waals surface area contributed by atoms with Gasteiger partial charge in [0.15, 0.2) is 0 Å². The summed E-state index contributed by atoms with van der Waals surface area (Å²) in [4.78, 5) is 53.7. The number of methoxy groups -OCH3 is 2. The minimum atomic E-state index is -1.07. The van der Waals surface area contributed by atoms with Crippen LogP contribution in [0.5, 0.6) is 0 Å². The number of hydrogen-bond acceptors (Lipinski definition) is 13. The van der Waals surface area contributed by atoms with Gasteiger partial charge in [0.25, 0.3) is 5.09 Å². The van der Waals surface area contributed by atoms with Crippen LogP contribution in [0.15, 0.2) is 24.3 Å². The van der Waals surface area contributed by atoms with Crippen LogP contribution in [-0.4, -0.2) is 105 Å². The highest BCUT2D eigenvalue weighted by Crippen LogP contribution is 2.32. The number of aliphatic hydroxyl groups excluding tert-OH is 1. The maximum Gasteiger partial charge on any atom is 0.407 e. The zero-order valence-electron chi connectivity index (χ0n) is 34.2. The predicted molar refractivity (Wildman–Crippen MR) is 204 cm³/mol. The smallest absolute Gasteiger partial charge is 0.407 e. The molecule has 16 heteroatoms. The summed E-state index contributed by atoms with van der Waals surface area (Å²) in [5.41, 5.74) is 0.0104. The Balaban J connectivity index is 2.08. The van der Waals surface area contributed by atoms with Gasteiger partial charge in [-0.3, -0.25) is 10.1 Å². The monoisotopic (exact) mass is 782 g/mol. The van der Waals surface area contributed by atoms with Crippen molar-refractivity contribution in [1.82, 2.24) is 16.0 Å². The molecule has 0 spiro atoms. The van der Waals surface area contributed by atoms with Crippen LogP contribution in [0.1, 0.15) is 96.5 Å². The number of nitrogens with one attached hydrogen (secondary N) is 3. The number of alkyl carbamates (subject to hydrolysis) is 1. The van der Waals surface area contributed by atoms with Crippen LogP contribution in [0, 0.1) is 39.7 Å². The number of amides is 2. The number of esters is 1. The lowest BCUT2D eigenvalue weighted by atomic mass is 9.77. The fourth-order valence-corrected chi connectivity index (χ4v) is 6.63. The normalized spacial score (nSPS) is 19.6. The fourth-order valence-electron chi connectivity index (χ4n) is 6.63. The van der Waals surface area contributed by atoms with Crippen LogP contribution < -0.4 is 16.0 Å². The molecule has 1 aromatic rings. The van der Waals surface area contributed by atoms with Crippen LogP contribution in [-0.2, 0) is 39.9 Å². The zero-order chi connectivity index (χ0) is 41.1. The third kappa shape index (κ3) is 18.3. The van der Waals surface area contributed by atoms with Gasteiger partial charge in [0.2, 0.25) is 5.91 Å². The molecule has 1 aliphatic rings. The van der Waals surface area contributed by atoms with E-state index < -0.39 is 40.8 Å². The summed E-state index contributed by atoms with van der Waals surface area (Å²) in [6.07, 6.45) is 0.908. The molecule has 314 valence electrons. The molecule has 1 aliphatic heterocycles. The summed E-state index contributed by atoms with van der Waals surface area (Å²) < 4.78 is 27.9. The van der Waals surface area contributed by atoms with Crippen molar-refractivity contribution >= 4 is 18.0 Å². The van der Waals surface area contributed by atoms with Crippen molar-refractivity contribution in [3.8, 4) is 0 Å². The Morgan fingerprint density at radius 2 is 1.71 bits per heavy atom. The summed E-state index contributed by atoms with van der Waals surface area (Å²) in [5.74, 6) is -1.08. The number of piperidine rings is 1. The molecule has 0 aromatic heterocycles. The van der Waals surface area contributed by atoms with Gasteiger partial charge in [0.05, 0.1) is 30.4 Å². The molecule has 1 fully saturated rings. The van der Waals surface area contributed by atoms with E-state index >= 15 is 0 Å². The van der Waals surface area contributed by atoms with Crippen molar-refractivity contribution in [3.05, 3.63) is 45.5 Å². The van der Waals surface area contributed by atoms with Gasteiger partial charge in [0.1, 0.15) is 25.0 Å². The minimum Gasteiger partial charge on any atom is -0.460 e. The van der Waals surface area contributed by atoms with E-state index in [4.69, 9.17) is 23.7 Å². The van der Waals surface area contributed by atoms with Gasteiger partial charge in [-0.15, -0.1) is 10.1 Å². The Labute approximate surface area is 326 Å². The Bertz CT molecular complexity index is 1310. The van der Waals surface area contributed by atoms with Crippen molar-refractivity contribution in [3.63, 3.8) is 0 Å². The van der Waals surface area contributed by atoms with E-state index in [2.05, 4.69) is 34.6 Å². The third-order valence-corrected chi connectivity index (χ3v) is 9.69. The lowest BCUT2D eigenvalue weighted by Crippen LogP contribution is -2.52. The van der Waals surface area contributed by atoms with E-state index in [0.717, 1.165) is 25.8 Å². The summed E-state index contributed by atoms with van der Waals surface area (Å²) >= 11 is 0. The van der Waals surface area contributed by atoms with Gasteiger partial charge in [0, 0.05) is 39.9 Å². The molecular weight excluding hydrogens is 716 g/mol. The van der Waals surface area contributed by atoms with Crippen LogP contribution in [0.3, 0.4) is 0 Å². The number of nitrogens with zero attached hydrogens (tertiary/aromatic N) is 1. The Kier molecular flexibility index (Phi) is 20.9. The zero-order valence-corrected chi connectivity index (χ0v) is 34.2. The molecule has 0 radical (unpaired) electrons. The first-order valence-electron chi connectivity index (χ1n) is 19.3. The molecule has 0 bridgehead atoms. The van der Waals surface area contributed by atoms with Crippen LogP contribution in [0.25, 0.3) is 0 Å². The van der Waals surface area contributed by atoms with E-state index in [0.29, 0.717) is 25.2 Å². The number of carbonyl (C=O) groups excluding carboxylic acids is 3. The van der Waals surface area contributed by atoms with E-state index in [1.54, 1.807) is 35.0 Å². The quantitative estimate of drug-likeness (QED) is 0.0489. The lowest BCUT2D eigenvalue weighted by molar-refractivity contribution is -0.763.